The van der Waals surface area contributed by atoms with Crippen molar-refractivity contribution in [3.63, 3.8) is 0 Å². The molecule has 2 aromatic rings. The number of nitrogens with one attached hydrogen (secondary N) is 1. The summed E-state index contributed by atoms with van der Waals surface area (Å²) in [4.78, 5) is 39.5. The van der Waals surface area contributed by atoms with E-state index in [2.05, 4.69) is 5.32 Å². The number of carbonyl (C=O) groups is 2. The molecular formula is C27H34N2O5. The van der Waals surface area contributed by atoms with E-state index < -0.39 is 17.9 Å². The van der Waals surface area contributed by atoms with Gasteiger partial charge in [-0.2, -0.15) is 0 Å². The zero-order chi connectivity index (χ0) is 24.1. The minimum absolute atomic E-state index is 0.0962. The average molecular weight is 467 g/mol. The molecule has 1 amide bonds. The fourth-order valence-electron chi connectivity index (χ4n) is 5.27. The first-order valence-electron chi connectivity index (χ1n) is 12.3. The molecule has 1 aromatic heterocycles. The highest BCUT2D eigenvalue weighted by atomic mass is 16.5. The van der Waals surface area contributed by atoms with Crippen molar-refractivity contribution in [3.8, 4) is 5.75 Å². The van der Waals surface area contributed by atoms with Crippen LogP contribution in [0.3, 0.4) is 0 Å². The van der Waals surface area contributed by atoms with E-state index in [1.807, 2.05) is 4.57 Å². The summed E-state index contributed by atoms with van der Waals surface area (Å²) in [5, 5.41) is 2.75. The second-order valence-corrected chi connectivity index (χ2v) is 9.36. The fraction of sp³-hybridized carbons (Fsp3) is 0.519. The zero-order valence-electron chi connectivity index (χ0n) is 20.1. The lowest BCUT2D eigenvalue weighted by molar-refractivity contribution is -0.143. The number of amides is 1. The van der Waals surface area contributed by atoms with Crippen LogP contribution in [0.1, 0.15) is 78.2 Å². The zero-order valence-corrected chi connectivity index (χ0v) is 20.1. The highest BCUT2D eigenvalue weighted by Gasteiger charge is 2.28. The van der Waals surface area contributed by atoms with Gasteiger partial charge in [0.1, 0.15) is 11.3 Å². The average Bonchev–Trinajstić information content (AvgIpc) is 2.89. The summed E-state index contributed by atoms with van der Waals surface area (Å²) in [6, 6.07) is 7.56. The first kappa shape index (κ1) is 24.0. The summed E-state index contributed by atoms with van der Waals surface area (Å²) < 4.78 is 12.0. The van der Waals surface area contributed by atoms with Crippen molar-refractivity contribution in [1.29, 1.82) is 0 Å². The van der Waals surface area contributed by atoms with E-state index in [9.17, 15) is 14.4 Å². The van der Waals surface area contributed by atoms with Crippen molar-refractivity contribution < 1.29 is 19.1 Å². The molecule has 0 unspecified atom stereocenters. The van der Waals surface area contributed by atoms with Crippen LogP contribution >= 0.6 is 0 Å². The van der Waals surface area contributed by atoms with Gasteiger partial charge >= 0.3 is 5.97 Å². The van der Waals surface area contributed by atoms with Gasteiger partial charge in [-0.3, -0.25) is 9.59 Å². The Morgan fingerprint density at radius 2 is 1.74 bits per heavy atom. The molecule has 1 saturated carbocycles. The van der Waals surface area contributed by atoms with Gasteiger partial charge < -0.3 is 19.4 Å². The molecule has 0 radical (unpaired) electrons. The lowest BCUT2D eigenvalue weighted by Crippen LogP contribution is -2.40. The van der Waals surface area contributed by atoms with Crippen LogP contribution in [0.2, 0.25) is 0 Å². The van der Waals surface area contributed by atoms with Gasteiger partial charge in [0.05, 0.1) is 14.2 Å². The van der Waals surface area contributed by atoms with Crippen molar-refractivity contribution in [1.82, 2.24) is 9.88 Å². The van der Waals surface area contributed by atoms with E-state index >= 15 is 0 Å². The molecule has 7 heteroatoms. The summed E-state index contributed by atoms with van der Waals surface area (Å²) in [6.45, 7) is 0.668. The molecule has 1 fully saturated rings. The number of rotatable bonds is 7. The van der Waals surface area contributed by atoms with E-state index in [0.717, 1.165) is 49.8 Å². The molecule has 7 nitrogen and oxygen atoms in total. The Kier molecular flexibility index (Phi) is 7.70. The predicted octanol–water partition coefficient (Wildman–Crippen LogP) is 3.96. The number of nitrogens with zero attached hydrogens (tertiary/aromatic N) is 1. The van der Waals surface area contributed by atoms with Crippen LogP contribution < -0.4 is 15.6 Å². The topological polar surface area (TPSA) is 86.6 Å². The maximum atomic E-state index is 13.6. The van der Waals surface area contributed by atoms with Gasteiger partial charge in [0.2, 0.25) is 0 Å². The molecule has 0 spiro atoms. The van der Waals surface area contributed by atoms with E-state index in [-0.39, 0.29) is 11.1 Å². The quantitative estimate of drug-likeness (QED) is 0.624. The van der Waals surface area contributed by atoms with Crippen molar-refractivity contribution in [2.24, 2.45) is 5.92 Å². The number of hydrogen-bond donors (Lipinski definition) is 1. The molecule has 1 heterocycles. The van der Waals surface area contributed by atoms with Crippen molar-refractivity contribution >= 4 is 11.9 Å². The third kappa shape index (κ3) is 5.18. The Bertz CT molecular complexity index is 1080. The monoisotopic (exact) mass is 466 g/mol. The minimum Gasteiger partial charge on any atom is -0.497 e. The van der Waals surface area contributed by atoms with Crippen molar-refractivity contribution in [2.45, 2.75) is 70.4 Å². The standard InChI is InChI=1S/C27H34N2O5/c1-33-21-14-12-19(13-15-21)24(27(32)34-2)28-25(30)22-16-20-10-6-7-11-23(20)29(26(22)31)17-18-8-4-3-5-9-18/h12-16,18,24H,3-11,17H2,1-2H3,(H,28,30)/t24-/m1/s1. The van der Waals surface area contributed by atoms with Crippen molar-refractivity contribution in [3.05, 3.63) is 63.1 Å². The van der Waals surface area contributed by atoms with Gasteiger partial charge in [0.25, 0.3) is 11.5 Å². The first-order chi connectivity index (χ1) is 16.5. The Morgan fingerprint density at radius 3 is 2.41 bits per heavy atom. The Balaban J connectivity index is 1.66. The molecule has 1 aromatic carbocycles. The van der Waals surface area contributed by atoms with Crippen LogP contribution in [-0.4, -0.2) is 30.7 Å². The second-order valence-electron chi connectivity index (χ2n) is 9.36. The van der Waals surface area contributed by atoms with Gasteiger partial charge in [0.15, 0.2) is 6.04 Å². The summed E-state index contributed by atoms with van der Waals surface area (Å²) in [6.07, 6.45) is 9.74. The number of aromatic nitrogens is 1. The number of aryl methyl sites for hydroxylation is 1. The maximum Gasteiger partial charge on any atom is 0.333 e. The third-order valence-electron chi connectivity index (χ3n) is 7.17. The van der Waals surface area contributed by atoms with E-state index in [1.54, 1.807) is 37.4 Å². The molecule has 4 rings (SSSR count). The van der Waals surface area contributed by atoms with Gasteiger partial charge in [-0.1, -0.05) is 31.4 Å². The molecule has 2 aliphatic rings. The van der Waals surface area contributed by atoms with E-state index in [1.165, 1.54) is 26.4 Å². The molecule has 0 saturated heterocycles. The fourth-order valence-corrected chi connectivity index (χ4v) is 5.27. The van der Waals surface area contributed by atoms with Crippen LogP contribution in [0.15, 0.2) is 35.1 Å². The van der Waals surface area contributed by atoms with Crippen molar-refractivity contribution in [2.75, 3.05) is 14.2 Å². The predicted molar refractivity (Wildman–Crippen MR) is 129 cm³/mol. The smallest absolute Gasteiger partial charge is 0.333 e. The van der Waals surface area contributed by atoms with E-state index in [0.29, 0.717) is 23.8 Å². The molecule has 1 atom stereocenters. The number of benzene rings is 1. The summed E-state index contributed by atoms with van der Waals surface area (Å²) in [5.74, 6) is -0.0436. The minimum atomic E-state index is -1.02. The normalized spacial score (nSPS) is 16.9. The molecule has 0 aliphatic heterocycles. The second kappa shape index (κ2) is 10.9. The largest absolute Gasteiger partial charge is 0.497 e. The summed E-state index contributed by atoms with van der Waals surface area (Å²) in [7, 11) is 2.84. The van der Waals surface area contributed by atoms with Gasteiger partial charge in [-0.25, -0.2) is 4.79 Å². The van der Waals surface area contributed by atoms with Gasteiger partial charge in [0, 0.05) is 12.2 Å². The number of methoxy groups -OCH3 is 2. The number of ether oxygens (including phenoxy) is 2. The highest BCUT2D eigenvalue weighted by molar-refractivity contribution is 5.97. The number of fused-ring (bicyclic) bond motifs is 1. The van der Waals surface area contributed by atoms with Crippen LogP contribution in [-0.2, 0) is 28.9 Å². The number of esters is 1. The van der Waals surface area contributed by atoms with Crippen LogP contribution in [0.25, 0.3) is 0 Å². The molecule has 2 aliphatic carbocycles. The number of carbonyl (C=O) groups excluding carboxylic acids is 2. The summed E-state index contributed by atoms with van der Waals surface area (Å²) >= 11 is 0. The lowest BCUT2D eigenvalue weighted by atomic mass is 9.88. The molecule has 182 valence electrons. The van der Waals surface area contributed by atoms with Gasteiger partial charge in [-0.05, 0) is 73.8 Å². The summed E-state index contributed by atoms with van der Waals surface area (Å²) in [5.41, 5.74) is 2.55. The Hall–Kier alpha value is -3.09. The highest BCUT2D eigenvalue weighted by Crippen LogP contribution is 2.28. The molecule has 0 bridgehead atoms. The Labute approximate surface area is 200 Å². The third-order valence-corrected chi connectivity index (χ3v) is 7.17. The van der Waals surface area contributed by atoms with E-state index in [4.69, 9.17) is 9.47 Å². The number of pyridine rings is 1. The van der Waals surface area contributed by atoms with Crippen LogP contribution in [0.4, 0.5) is 0 Å². The molecule has 1 N–H and O–H groups in total. The number of hydrogen-bond acceptors (Lipinski definition) is 5. The Morgan fingerprint density at radius 1 is 1.03 bits per heavy atom. The first-order valence-corrected chi connectivity index (χ1v) is 12.3. The lowest BCUT2D eigenvalue weighted by Gasteiger charge is -2.27. The van der Waals surface area contributed by atoms with Crippen LogP contribution in [0, 0.1) is 5.92 Å². The maximum absolute atomic E-state index is 13.6. The van der Waals surface area contributed by atoms with Gasteiger partial charge in [-0.15, -0.1) is 0 Å². The SMILES string of the molecule is COC(=O)[C@H](NC(=O)c1cc2c(n(CC3CCCCC3)c1=O)CCCC2)c1ccc(OC)cc1. The molecular weight excluding hydrogens is 432 g/mol. The molecule has 34 heavy (non-hydrogen) atoms. The van der Waals surface area contributed by atoms with Crippen LogP contribution in [0.5, 0.6) is 5.75 Å².